The molecular weight excluding hydrogens is 357 g/mol. The van der Waals surface area contributed by atoms with Crippen LogP contribution in [0.4, 0.5) is 4.39 Å². The van der Waals surface area contributed by atoms with Crippen LogP contribution in [0, 0.1) is 30.0 Å². The number of carbonyl (C=O) groups excluding carboxylic acids is 1. The highest BCUT2D eigenvalue weighted by Crippen LogP contribution is 2.29. The van der Waals surface area contributed by atoms with Gasteiger partial charge < -0.3 is 9.72 Å². The van der Waals surface area contributed by atoms with Crippen LogP contribution in [0.15, 0.2) is 30.6 Å². The molecule has 2 aromatic carbocycles. The van der Waals surface area contributed by atoms with E-state index in [1.54, 1.807) is 24.3 Å². The summed E-state index contributed by atoms with van der Waals surface area (Å²) in [6, 6.07) is 9.03. The summed E-state index contributed by atoms with van der Waals surface area (Å²) >= 11 is 0. The second-order valence-electron chi connectivity index (χ2n) is 7.33. The number of imidazole rings is 1. The molecule has 0 unspecified atom stereocenters. The summed E-state index contributed by atoms with van der Waals surface area (Å²) in [7, 11) is 0. The number of aromatic amines is 1. The fourth-order valence-corrected chi connectivity index (χ4v) is 3.34. The van der Waals surface area contributed by atoms with Gasteiger partial charge in [0.25, 0.3) is 0 Å². The SMILES string of the molecule is Cc1cc(C#N)ccc1Cc1c(C(=O)COCC2CC2)cc2[nH]cnc2c1F. The first kappa shape index (κ1) is 18.3. The summed E-state index contributed by atoms with van der Waals surface area (Å²) in [4.78, 5) is 19.7. The van der Waals surface area contributed by atoms with Crippen molar-refractivity contribution in [1.82, 2.24) is 9.97 Å². The van der Waals surface area contributed by atoms with Crippen molar-refractivity contribution in [3.63, 3.8) is 0 Å². The Bertz CT molecular complexity index is 1090. The van der Waals surface area contributed by atoms with Crippen LogP contribution in [0.2, 0.25) is 0 Å². The van der Waals surface area contributed by atoms with E-state index in [0.29, 0.717) is 34.7 Å². The number of Topliss-reactive ketones (excluding diaryl/α,β-unsaturated/α-hetero) is 1. The summed E-state index contributed by atoms with van der Waals surface area (Å²) in [6.07, 6.45) is 3.95. The number of nitriles is 1. The third kappa shape index (κ3) is 3.67. The molecule has 5 nitrogen and oxygen atoms in total. The molecule has 6 heteroatoms. The van der Waals surface area contributed by atoms with E-state index in [4.69, 9.17) is 10.00 Å². The van der Waals surface area contributed by atoms with Crippen molar-refractivity contribution in [3.8, 4) is 6.07 Å². The van der Waals surface area contributed by atoms with E-state index in [9.17, 15) is 4.79 Å². The molecule has 0 bridgehead atoms. The predicted octanol–water partition coefficient (Wildman–Crippen LogP) is 4.08. The number of aryl methyl sites for hydroxylation is 1. The number of carbonyl (C=O) groups is 1. The molecule has 0 radical (unpaired) electrons. The van der Waals surface area contributed by atoms with Crippen molar-refractivity contribution in [3.05, 3.63) is 64.2 Å². The van der Waals surface area contributed by atoms with E-state index < -0.39 is 5.82 Å². The van der Waals surface area contributed by atoms with Gasteiger partial charge in [-0.1, -0.05) is 6.07 Å². The summed E-state index contributed by atoms with van der Waals surface area (Å²) in [5.41, 5.74) is 3.63. The standard InChI is InChI=1S/C22H20FN3O2/c1-13-6-15(9-24)4-5-16(13)7-18-17(20(27)11-28-10-14-2-3-14)8-19-22(21(18)23)26-12-25-19/h4-6,8,12,14H,2-3,7,10-11H2,1H3,(H,25,26). The molecule has 1 saturated carbocycles. The van der Waals surface area contributed by atoms with Gasteiger partial charge in [-0.3, -0.25) is 4.79 Å². The molecule has 0 saturated heterocycles. The molecule has 3 aromatic rings. The van der Waals surface area contributed by atoms with Crippen molar-refractivity contribution >= 4 is 16.8 Å². The van der Waals surface area contributed by atoms with Crippen molar-refractivity contribution in [2.24, 2.45) is 5.92 Å². The van der Waals surface area contributed by atoms with E-state index in [-0.39, 0.29) is 24.3 Å². The van der Waals surface area contributed by atoms with Gasteiger partial charge in [0, 0.05) is 17.5 Å². The summed E-state index contributed by atoms with van der Waals surface area (Å²) in [5.74, 6) is -0.175. The zero-order chi connectivity index (χ0) is 19.7. The fourth-order valence-electron chi connectivity index (χ4n) is 3.34. The quantitative estimate of drug-likeness (QED) is 0.629. The van der Waals surface area contributed by atoms with Crippen LogP contribution >= 0.6 is 0 Å². The molecule has 1 N–H and O–H groups in total. The number of benzene rings is 2. The van der Waals surface area contributed by atoms with E-state index >= 15 is 4.39 Å². The number of nitrogens with one attached hydrogen (secondary N) is 1. The zero-order valence-electron chi connectivity index (χ0n) is 15.6. The number of hydrogen-bond acceptors (Lipinski definition) is 4. The molecule has 0 atom stereocenters. The minimum atomic E-state index is -0.493. The number of rotatable bonds is 7. The molecule has 4 rings (SSSR count). The lowest BCUT2D eigenvalue weighted by atomic mass is 9.93. The molecule has 1 fully saturated rings. The van der Waals surface area contributed by atoms with Gasteiger partial charge in [-0.05, 0) is 55.0 Å². The van der Waals surface area contributed by atoms with Crippen LogP contribution in [-0.2, 0) is 11.2 Å². The van der Waals surface area contributed by atoms with E-state index in [1.807, 2.05) is 6.92 Å². The molecule has 0 amide bonds. The van der Waals surface area contributed by atoms with Gasteiger partial charge in [0.2, 0.25) is 0 Å². The smallest absolute Gasteiger partial charge is 0.188 e. The minimum absolute atomic E-state index is 0.0606. The molecule has 0 aliphatic heterocycles. The Kier molecular flexibility index (Phi) is 4.93. The number of fused-ring (bicyclic) bond motifs is 1. The van der Waals surface area contributed by atoms with E-state index in [0.717, 1.165) is 24.0 Å². The summed E-state index contributed by atoms with van der Waals surface area (Å²) in [6.45, 7) is 2.39. The number of ether oxygens (including phenoxy) is 1. The van der Waals surface area contributed by atoms with Gasteiger partial charge in [0.1, 0.15) is 12.1 Å². The second-order valence-corrected chi connectivity index (χ2v) is 7.33. The second kappa shape index (κ2) is 7.53. The van der Waals surface area contributed by atoms with Gasteiger partial charge in [0.15, 0.2) is 11.6 Å². The third-order valence-corrected chi connectivity index (χ3v) is 5.18. The first-order valence-electron chi connectivity index (χ1n) is 9.32. The maximum absolute atomic E-state index is 15.2. The minimum Gasteiger partial charge on any atom is -0.373 e. The van der Waals surface area contributed by atoms with E-state index in [1.165, 1.54) is 6.33 Å². The Morgan fingerprint density at radius 3 is 2.93 bits per heavy atom. The van der Waals surface area contributed by atoms with Crippen molar-refractivity contribution in [2.45, 2.75) is 26.2 Å². The Morgan fingerprint density at radius 2 is 2.21 bits per heavy atom. The van der Waals surface area contributed by atoms with Gasteiger partial charge in [-0.25, -0.2) is 9.37 Å². The average Bonchev–Trinajstić information content (AvgIpc) is 3.39. The Labute approximate surface area is 162 Å². The predicted molar refractivity (Wildman–Crippen MR) is 103 cm³/mol. The number of halogens is 1. The number of H-pyrrole nitrogens is 1. The third-order valence-electron chi connectivity index (χ3n) is 5.18. The molecular formula is C22H20FN3O2. The Balaban J connectivity index is 1.69. The highest BCUT2D eigenvalue weighted by Gasteiger charge is 2.24. The topological polar surface area (TPSA) is 78.8 Å². The largest absolute Gasteiger partial charge is 0.373 e. The first-order chi connectivity index (χ1) is 13.6. The maximum Gasteiger partial charge on any atom is 0.188 e. The van der Waals surface area contributed by atoms with Crippen molar-refractivity contribution in [2.75, 3.05) is 13.2 Å². The van der Waals surface area contributed by atoms with Gasteiger partial charge >= 0.3 is 0 Å². The van der Waals surface area contributed by atoms with Crippen LogP contribution in [0.3, 0.4) is 0 Å². The van der Waals surface area contributed by atoms with Gasteiger partial charge in [-0.15, -0.1) is 0 Å². The summed E-state index contributed by atoms with van der Waals surface area (Å²) < 4.78 is 20.8. The van der Waals surface area contributed by atoms with E-state index in [2.05, 4.69) is 16.0 Å². The Hall–Kier alpha value is -3.04. The number of hydrogen-bond donors (Lipinski definition) is 1. The fraction of sp³-hybridized carbons (Fsp3) is 0.318. The normalized spacial score (nSPS) is 13.6. The number of ketones is 1. The molecule has 1 aliphatic rings. The average molecular weight is 377 g/mol. The first-order valence-corrected chi connectivity index (χ1v) is 9.32. The molecule has 1 aromatic heterocycles. The monoisotopic (exact) mass is 377 g/mol. The van der Waals surface area contributed by atoms with Crippen molar-refractivity contribution in [1.29, 1.82) is 5.26 Å². The molecule has 0 spiro atoms. The molecule has 28 heavy (non-hydrogen) atoms. The van der Waals surface area contributed by atoms with Crippen LogP contribution in [0.1, 0.15) is 45.5 Å². The van der Waals surface area contributed by atoms with Gasteiger partial charge in [-0.2, -0.15) is 5.26 Å². The highest BCUT2D eigenvalue weighted by atomic mass is 19.1. The lowest BCUT2D eigenvalue weighted by molar-refractivity contribution is 0.0738. The Morgan fingerprint density at radius 1 is 1.39 bits per heavy atom. The lowest BCUT2D eigenvalue weighted by Crippen LogP contribution is -2.14. The van der Waals surface area contributed by atoms with Crippen LogP contribution in [0.5, 0.6) is 0 Å². The van der Waals surface area contributed by atoms with Crippen LogP contribution in [-0.4, -0.2) is 29.0 Å². The van der Waals surface area contributed by atoms with Crippen LogP contribution in [0.25, 0.3) is 11.0 Å². The lowest BCUT2D eigenvalue weighted by Gasteiger charge is -2.13. The zero-order valence-corrected chi connectivity index (χ0v) is 15.6. The number of nitrogens with zero attached hydrogens (tertiary/aromatic N) is 2. The van der Waals surface area contributed by atoms with Crippen molar-refractivity contribution < 1.29 is 13.9 Å². The molecule has 142 valence electrons. The highest BCUT2D eigenvalue weighted by molar-refractivity contribution is 6.01. The van der Waals surface area contributed by atoms with Gasteiger partial charge in [0.05, 0.1) is 30.1 Å². The maximum atomic E-state index is 15.2. The number of aromatic nitrogens is 2. The molecule has 1 heterocycles. The van der Waals surface area contributed by atoms with Crippen LogP contribution < -0.4 is 0 Å². The molecule has 1 aliphatic carbocycles. The summed E-state index contributed by atoms with van der Waals surface area (Å²) in [5, 5.41) is 9.04.